The zero-order valence-corrected chi connectivity index (χ0v) is 9.47. The van der Waals surface area contributed by atoms with Crippen LogP contribution in [0.25, 0.3) is 22.0 Å². The quantitative estimate of drug-likeness (QED) is 0.725. The number of fused-ring (bicyclic) bond motifs is 1. The van der Waals surface area contributed by atoms with Gasteiger partial charge in [0, 0.05) is 0 Å². The van der Waals surface area contributed by atoms with Crippen LogP contribution in [0.3, 0.4) is 0 Å². The van der Waals surface area contributed by atoms with Crippen molar-refractivity contribution in [2.24, 2.45) is 0 Å². The van der Waals surface area contributed by atoms with E-state index in [1.165, 1.54) is 5.56 Å². The molecule has 84 valence electrons. The monoisotopic (exact) mass is 224 g/mol. The molecular formula is C14H12N2O. The van der Waals surface area contributed by atoms with E-state index in [1.807, 2.05) is 24.3 Å². The lowest BCUT2D eigenvalue weighted by atomic mass is 10.0. The van der Waals surface area contributed by atoms with Gasteiger partial charge in [0.1, 0.15) is 0 Å². The number of nitrogens with one attached hydrogen (secondary N) is 1. The van der Waals surface area contributed by atoms with Crippen LogP contribution >= 0.6 is 0 Å². The van der Waals surface area contributed by atoms with Crippen molar-refractivity contribution in [1.82, 2.24) is 10.2 Å². The van der Waals surface area contributed by atoms with Crippen LogP contribution in [-0.4, -0.2) is 17.3 Å². The molecule has 1 heterocycles. The highest BCUT2D eigenvalue weighted by atomic mass is 16.5. The van der Waals surface area contributed by atoms with E-state index >= 15 is 0 Å². The summed E-state index contributed by atoms with van der Waals surface area (Å²) in [6, 6.07) is 16.5. The number of aromatic nitrogens is 2. The summed E-state index contributed by atoms with van der Waals surface area (Å²) in [6.45, 7) is 0. The molecule has 0 unspecified atom stereocenters. The molecule has 0 saturated carbocycles. The maximum absolute atomic E-state index is 5.22. The van der Waals surface area contributed by atoms with E-state index in [9.17, 15) is 0 Å². The number of nitrogens with zero attached hydrogens (tertiary/aromatic N) is 1. The average Bonchev–Trinajstić information content (AvgIpc) is 2.81. The van der Waals surface area contributed by atoms with Crippen molar-refractivity contribution in [3.8, 4) is 17.0 Å². The predicted octanol–water partition coefficient (Wildman–Crippen LogP) is 3.24. The van der Waals surface area contributed by atoms with Crippen molar-refractivity contribution in [2.75, 3.05) is 7.11 Å². The van der Waals surface area contributed by atoms with E-state index in [2.05, 4.69) is 34.5 Å². The molecule has 0 aliphatic rings. The smallest absolute Gasteiger partial charge is 0.240 e. The van der Waals surface area contributed by atoms with Crippen molar-refractivity contribution in [3.63, 3.8) is 0 Å². The Hall–Kier alpha value is -2.29. The molecular weight excluding hydrogens is 212 g/mol. The average molecular weight is 224 g/mol. The van der Waals surface area contributed by atoms with Crippen LogP contribution in [0.4, 0.5) is 0 Å². The van der Waals surface area contributed by atoms with Gasteiger partial charge in [-0.05, 0) is 23.3 Å². The Morgan fingerprint density at radius 2 is 1.82 bits per heavy atom. The second-order valence-electron chi connectivity index (χ2n) is 3.86. The Morgan fingerprint density at radius 3 is 2.59 bits per heavy atom. The van der Waals surface area contributed by atoms with Gasteiger partial charge in [0.25, 0.3) is 0 Å². The maximum atomic E-state index is 5.22. The van der Waals surface area contributed by atoms with Crippen molar-refractivity contribution in [2.45, 2.75) is 0 Å². The second kappa shape index (κ2) is 3.94. The molecule has 3 nitrogen and oxygen atoms in total. The lowest BCUT2D eigenvalue weighted by Gasteiger charge is -2.01. The molecule has 3 aromatic rings. The van der Waals surface area contributed by atoms with Gasteiger partial charge in [-0.3, -0.25) is 5.10 Å². The fourth-order valence-electron chi connectivity index (χ4n) is 1.96. The third-order valence-electron chi connectivity index (χ3n) is 2.83. The van der Waals surface area contributed by atoms with E-state index in [0.29, 0.717) is 5.88 Å². The number of H-pyrrole nitrogens is 1. The molecule has 0 spiro atoms. The van der Waals surface area contributed by atoms with E-state index < -0.39 is 0 Å². The molecule has 0 bridgehead atoms. The predicted molar refractivity (Wildman–Crippen MR) is 68.1 cm³/mol. The third-order valence-corrected chi connectivity index (χ3v) is 2.83. The normalized spacial score (nSPS) is 10.6. The molecule has 0 aliphatic carbocycles. The molecule has 2 aromatic carbocycles. The number of rotatable bonds is 2. The Labute approximate surface area is 99.0 Å². The van der Waals surface area contributed by atoms with E-state index in [-0.39, 0.29) is 0 Å². The van der Waals surface area contributed by atoms with E-state index in [1.54, 1.807) is 7.11 Å². The van der Waals surface area contributed by atoms with Crippen LogP contribution in [0.5, 0.6) is 5.88 Å². The van der Waals surface area contributed by atoms with Crippen molar-refractivity contribution >= 4 is 10.9 Å². The second-order valence-corrected chi connectivity index (χ2v) is 3.86. The summed E-state index contributed by atoms with van der Waals surface area (Å²) in [5.74, 6) is 0.637. The Kier molecular flexibility index (Phi) is 2.29. The molecule has 17 heavy (non-hydrogen) atoms. The lowest BCUT2D eigenvalue weighted by molar-refractivity contribution is 0.401. The molecule has 3 rings (SSSR count). The molecule has 0 radical (unpaired) electrons. The van der Waals surface area contributed by atoms with Crippen molar-refractivity contribution in [1.29, 1.82) is 0 Å². The van der Waals surface area contributed by atoms with Gasteiger partial charge in [-0.1, -0.05) is 36.4 Å². The van der Waals surface area contributed by atoms with Crippen molar-refractivity contribution in [3.05, 3.63) is 48.5 Å². The third kappa shape index (κ3) is 1.65. The van der Waals surface area contributed by atoms with Crippen LogP contribution in [0.2, 0.25) is 0 Å². The highest BCUT2D eigenvalue weighted by molar-refractivity contribution is 5.88. The first-order valence-corrected chi connectivity index (χ1v) is 5.46. The lowest BCUT2D eigenvalue weighted by Crippen LogP contribution is -1.82. The number of benzene rings is 2. The number of aromatic amines is 1. The van der Waals surface area contributed by atoms with Gasteiger partial charge in [-0.25, -0.2) is 0 Å². The Bertz CT molecular complexity index is 644. The zero-order valence-electron chi connectivity index (χ0n) is 9.47. The molecule has 1 aromatic heterocycles. The standard InChI is InChI=1S/C14H12N2O/c1-17-14-12-9-11(7-8-13(12)15-16-14)10-5-3-2-4-6-10/h2-9H,1H3,(H,15,16). The Balaban J connectivity index is 2.19. The fraction of sp³-hybridized carbons (Fsp3) is 0.0714. The van der Waals surface area contributed by atoms with Gasteiger partial charge >= 0.3 is 0 Å². The first-order chi connectivity index (χ1) is 8.38. The maximum Gasteiger partial charge on any atom is 0.240 e. The summed E-state index contributed by atoms with van der Waals surface area (Å²) in [7, 11) is 1.63. The van der Waals surface area contributed by atoms with E-state index in [4.69, 9.17) is 4.74 Å². The zero-order chi connectivity index (χ0) is 11.7. The number of hydrogen-bond donors (Lipinski definition) is 1. The molecule has 1 N–H and O–H groups in total. The first-order valence-electron chi connectivity index (χ1n) is 5.46. The van der Waals surface area contributed by atoms with Crippen LogP contribution in [0, 0.1) is 0 Å². The van der Waals surface area contributed by atoms with Gasteiger partial charge in [0.2, 0.25) is 5.88 Å². The Morgan fingerprint density at radius 1 is 1.00 bits per heavy atom. The highest BCUT2D eigenvalue weighted by Gasteiger charge is 2.06. The van der Waals surface area contributed by atoms with Gasteiger partial charge < -0.3 is 4.74 Å². The van der Waals surface area contributed by atoms with Crippen LogP contribution in [0.1, 0.15) is 0 Å². The van der Waals surface area contributed by atoms with Gasteiger partial charge in [0.15, 0.2) is 0 Å². The summed E-state index contributed by atoms with van der Waals surface area (Å²) in [6.07, 6.45) is 0. The number of methoxy groups -OCH3 is 1. The summed E-state index contributed by atoms with van der Waals surface area (Å²) in [5, 5.41) is 8.05. The minimum absolute atomic E-state index is 0.637. The molecule has 0 atom stereocenters. The fourth-order valence-corrected chi connectivity index (χ4v) is 1.96. The summed E-state index contributed by atoms with van der Waals surface area (Å²) in [4.78, 5) is 0. The van der Waals surface area contributed by atoms with Crippen LogP contribution in [-0.2, 0) is 0 Å². The van der Waals surface area contributed by atoms with Gasteiger partial charge in [-0.2, -0.15) is 0 Å². The SMILES string of the molecule is COc1n[nH]c2ccc(-c3ccccc3)cc12. The van der Waals surface area contributed by atoms with Gasteiger partial charge in [-0.15, -0.1) is 5.10 Å². The summed E-state index contributed by atoms with van der Waals surface area (Å²) in [5.41, 5.74) is 3.34. The molecule has 0 aliphatic heterocycles. The minimum Gasteiger partial charge on any atom is -0.480 e. The topological polar surface area (TPSA) is 37.9 Å². The largest absolute Gasteiger partial charge is 0.480 e. The summed E-state index contributed by atoms with van der Waals surface area (Å²) < 4.78 is 5.22. The van der Waals surface area contributed by atoms with Crippen molar-refractivity contribution < 1.29 is 4.74 Å². The highest BCUT2D eigenvalue weighted by Crippen LogP contribution is 2.28. The van der Waals surface area contributed by atoms with Crippen LogP contribution < -0.4 is 4.74 Å². The number of hydrogen-bond acceptors (Lipinski definition) is 2. The first kappa shape index (κ1) is 9.90. The molecule has 3 heteroatoms. The molecule has 0 amide bonds. The number of ether oxygens (including phenoxy) is 1. The van der Waals surface area contributed by atoms with E-state index in [0.717, 1.165) is 16.5 Å². The van der Waals surface area contributed by atoms with Crippen LogP contribution in [0.15, 0.2) is 48.5 Å². The summed E-state index contributed by atoms with van der Waals surface area (Å²) >= 11 is 0. The molecule has 0 saturated heterocycles. The molecule has 0 fully saturated rings. The van der Waals surface area contributed by atoms with Gasteiger partial charge in [0.05, 0.1) is 18.0 Å². The minimum atomic E-state index is 0.637.